The number of rotatable bonds is 4. The molecule has 1 aliphatic rings. The molecule has 0 spiro atoms. The van der Waals surface area contributed by atoms with Crippen LogP contribution in [0.5, 0.6) is 0 Å². The van der Waals surface area contributed by atoms with Crippen LogP contribution in [0.25, 0.3) is 0 Å². The van der Waals surface area contributed by atoms with Gasteiger partial charge < -0.3 is 14.2 Å². The van der Waals surface area contributed by atoms with Gasteiger partial charge in [-0.2, -0.15) is 4.31 Å². The summed E-state index contributed by atoms with van der Waals surface area (Å²) in [6, 6.07) is 0. The van der Waals surface area contributed by atoms with Crippen LogP contribution in [0.1, 0.15) is 25.6 Å². The van der Waals surface area contributed by atoms with E-state index in [1.165, 1.54) is 18.3 Å². The lowest BCUT2D eigenvalue weighted by Crippen LogP contribution is -2.40. The van der Waals surface area contributed by atoms with Crippen LogP contribution >= 0.6 is 11.3 Å². The molecule has 1 aromatic heterocycles. The van der Waals surface area contributed by atoms with Gasteiger partial charge in [-0.15, -0.1) is 11.3 Å². The van der Waals surface area contributed by atoms with Gasteiger partial charge in [-0.05, 0) is 12.5 Å². The summed E-state index contributed by atoms with van der Waals surface area (Å²) in [5, 5.41) is 0. The minimum absolute atomic E-state index is 0.0692. The molecule has 10 heteroatoms. The molecule has 1 aromatic rings. The molecule has 1 saturated heterocycles. The number of ether oxygens (including phenoxy) is 3. The van der Waals surface area contributed by atoms with E-state index < -0.39 is 22.0 Å². The molecule has 0 unspecified atom stereocenters. The molecule has 0 radical (unpaired) electrons. The Balaban J connectivity index is 2.60. The zero-order chi connectivity index (χ0) is 17.2. The molecular weight excluding hydrogens is 346 g/mol. The lowest BCUT2D eigenvalue weighted by atomic mass is 10.2. The minimum atomic E-state index is -3.93. The maximum Gasteiger partial charge on any atom is 0.348 e. The van der Waals surface area contributed by atoms with Crippen molar-refractivity contribution in [3.63, 3.8) is 0 Å². The van der Waals surface area contributed by atoms with Gasteiger partial charge in [0.05, 0.1) is 33.0 Å². The fourth-order valence-electron chi connectivity index (χ4n) is 2.20. The standard InChI is InChI=1S/C13H17NO7S2/c1-8-9(11(15)19-2)13(22-10(8)12(16)20-3)23(17,18)14-4-6-21-7-5-14/h4-7H2,1-3H3. The highest BCUT2D eigenvalue weighted by atomic mass is 32.2. The summed E-state index contributed by atoms with van der Waals surface area (Å²) in [5.74, 6) is -1.50. The van der Waals surface area contributed by atoms with Gasteiger partial charge in [0.25, 0.3) is 10.0 Å². The first-order valence-electron chi connectivity index (χ1n) is 6.72. The molecule has 0 saturated carbocycles. The van der Waals surface area contributed by atoms with E-state index in [1.807, 2.05) is 0 Å². The minimum Gasteiger partial charge on any atom is -0.465 e. The SMILES string of the molecule is COC(=O)c1sc(S(=O)(=O)N2CCOCC2)c(C(=O)OC)c1C. The van der Waals surface area contributed by atoms with Gasteiger partial charge in [-0.25, -0.2) is 18.0 Å². The summed E-state index contributed by atoms with van der Waals surface area (Å²) < 4.78 is 41.1. The molecule has 2 heterocycles. The number of esters is 2. The van der Waals surface area contributed by atoms with E-state index in [-0.39, 0.29) is 46.5 Å². The van der Waals surface area contributed by atoms with E-state index in [0.29, 0.717) is 0 Å². The first-order valence-corrected chi connectivity index (χ1v) is 8.98. The first-order chi connectivity index (χ1) is 10.8. The molecule has 1 aliphatic heterocycles. The van der Waals surface area contributed by atoms with Crippen LogP contribution in [-0.4, -0.2) is 65.2 Å². The Bertz CT molecular complexity index is 717. The van der Waals surface area contributed by atoms with Gasteiger partial charge >= 0.3 is 11.9 Å². The Morgan fingerprint density at radius 1 is 1.13 bits per heavy atom. The number of nitrogens with zero attached hydrogens (tertiary/aromatic N) is 1. The van der Waals surface area contributed by atoms with Crippen molar-refractivity contribution < 1.29 is 32.2 Å². The molecule has 8 nitrogen and oxygen atoms in total. The zero-order valence-corrected chi connectivity index (χ0v) is 14.6. The van der Waals surface area contributed by atoms with E-state index in [9.17, 15) is 18.0 Å². The third-order valence-electron chi connectivity index (χ3n) is 3.42. The molecule has 2 rings (SSSR count). The van der Waals surface area contributed by atoms with E-state index in [4.69, 9.17) is 4.74 Å². The van der Waals surface area contributed by atoms with Crippen LogP contribution in [-0.2, 0) is 24.2 Å². The van der Waals surface area contributed by atoms with Crippen LogP contribution in [0, 0.1) is 6.92 Å². The monoisotopic (exact) mass is 363 g/mol. The zero-order valence-electron chi connectivity index (χ0n) is 12.9. The average Bonchev–Trinajstić information content (AvgIpc) is 2.92. The summed E-state index contributed by atoms with van der Waals surface area (Å²) in [7, 11) is -1.58. The van der Waals surface area contributed by atoms with Crippen molar-refractivity contribution in [1.82, 2.24) is 4.31 Å². The van der Waals surface area contributed by atoms with Gasteiger partial charge in [-0.3, -0.25) is 0 Å². The van der Waals surface area contributed by atoms with E-state index >= 15 is 0 Å². The number of carbonyl (C=O) groups excluding carboxylic acids is 2. The van der Waals surface area contributed by atoms with E-state index in [2.05, 4.69) is 9.47 Å². The van der Waals surface area contributed by atoms with Crippen LogP contribution < -0.4 is 0 Å². The molecule has 0 amide bonds. The summed E-state index contributed by atoms with van der Waals surface area (Å²) in [6.45, 7) is 2.43. The fraction of sp³-hybridized carbons (Fsp3) is 0.538. The number of morpholine rings is 1. The Morgan fingerprint density at radius 3 is 2.22 bits per heavy atom. The second-order valence-electron chi connectivity index (χ2n) is 4.72. The van der Waals surface area contributed by atoms with Gasteiger partial charge in [-0.1, -0.05) is 0 Å². The van der Waals surface area contributed by atoms with Gasteiger partial charge in [0, 0.05) is 13.1 Å². The Hall–Kier alpha value is -1.49. The molecule has 0 atom stereocenters. The Kier molecular flexibility index (Phi) is 5.40. The van der Waals surface area contributed by atoms with Gasteiger partial charge in [0.15, 0.2) is 4.21 Å². The molecule has 0 bridgehead atoms. The molecular formula is C13H17NO7S2. The van der Waals surface area contributed by atoms with Crippen molar-refractivity contribution in [3.8, 4) is 0 Å². The predicted octanol–water partition coefficient (Wildman–Crippen LogP) is 0.651. The number of hydrogen-bond acceptors (Lipinski definition) is 8. The first kappa shape index (κ1) is 17.9. The molecule has 128 valence electrons. The number of carbonyl (C=O) groups is 2. The highest BCUT2D eigenvalue weighted by Crippen LogP contribution is 2.35. The second kappa shape index (κ2) is 6.95. The van der Waals surface area contributed by atoms with Crippen molar-refractivity contribution in [2.24, 2.45) is 0 Å². The number of hydrogen-bond donors (Lipinski definition) is 0. The van der Waals surface area contributed by atoms with Gasteiger partial charge in [0.1, 0.15) is 4.88 Å². The quantitative estimate of drug-likeness (QED) is 0.724. The van der Waals surface area contributed by atoms with Crippen molar-refractivity contribution in [2.45, 2.75) is 11.1 Å². The molecule has 0 N–H and O–H groups in total. The van der Waals surface area contributed by atoms with E-state index in [1.54, 1.807) is 0 Å². The highest BCUT2D eigenvalue weighted by molar-refractivity contribution is 7.91. The maximum absolute atomic E-state index is 12.8. The van der Waals surface area contributed by atoms with Gasteiger partial charge in [0.2, 0.25) is 0 Å². The van der Waals surface area contributed by atoms with Crippen molar-refractivity contribution in [3.05, 3.63) is 16.0 Å². The predicted molar refractivity (Wildman–Crippen MR) is 81.3 cm³/mol. The normalized spacial score (nSPS) is 16.1. The molecule has 0 aliphatic carbocycles. The Labute approximate surface area is 138 Å². The van der Waals surface area contributed by atoms with E-state index in [0.717, 1.165) is 18.4 Å². The topological polar surface area (TPSA) is 99.2 Å². The number of sulfonamides is 1. The summed E-state index contributed by atoms with van der Waals surface area (Å²) in [5.41, 5.74) is 0.116. The second-order valence-corrected chi connectivity index (χ2v) is 7.87. The number of methoxy groups -OCH3 is 2. The van der Waals surface area contributed by atoms with Crippen LogP contribution in [0.3, 0.4) is 0 Å². The average molecular weight is 363 g/mol. The summed E-state index contributed by atoms with van der Waals surface area (Å²) in [6.07, 6.45) is 0. The molecule has 23 heavy (non-hydrogen) atoms. The fourth-order valence-corrected chi connectivity index (χ4v) is 5.49. The van der Waals surface area contributed by atoms with Crippen LogP contribution in [0.15, 0.2) is 4.21 Å². The molecule has 1 fully saturated rings. The summed E-state index contributed by atoms with van der Waals surface area (Å²) >= 11 is 0.717. The van der Waals surface area contributed by atoms with Crippen molar-refractivity contribution in [1.29, 1.82) is 0 Å². The van der Waals surface area contributed by atoms with Crippen molar-refractivity contribution in [2.75, 3.05) is 40.5 Å². The lowest BCUT2D eigenvalue weighted by molar-refractivity contribution is 0.0595. The van der Waals surface area contributed by atoms with Crippen LogP contribution in [0.4, 0.5) is 0 Å². The van der Waals surface area contributed by atoms with Crippen LogP contribution in [0.2, 0.25) is 0 Å². The third-order valence-corrected chi connectivity index (χ3v) is 7.09. The van der Waals surface area contributed by atoms with Crippen molar-refractivity contribution >= 4 is 33.3 Å². The smallest absolute Gasteiger partial charge is 0.348 e. The Morgan fingerprint density at radius 2 is 1.70 bits per heavy atom. The summed E-state index contributed by atoms with van der Waals surface area (Å²) in [4.78, 5) is 23.9. The highest BCUT2D eigenvalue weighted by Gasteiger charge is 2.36. The number of thiophene rings is 1. The largest absolute Gasteiger partial charge is 0.465 e. The third kappa shape index (κ3) is 3.25. The maximum atomic E-state index is 12.8. The molecule has 0 aromatic carbocycles. The lowest BCUT2D eigenvalue weighted by Gasteiger charge is -2.25.